The van der Waals surface area contributed by atoms with Crippen molar-refractivity contribution < 1.29 is 18.0 Å². The quantitative estimate of drug-likeness (QED) is 0.779. The van der Waals surface area contributed by atoms with Crippen molar-refractivity contribution in [2.45, 2.75) is 39.9 Å². The van der Waals surface area contributed by atoms with E-state index in [1.807, 2.05) is 0 Å². The van der Waals surface area contributed by atoms with Crippen molar-refractivity contribution in [2.75, 3.05) is 19.6 Å². The van der Waals surface area contributed by atoms with Crippen molar-refractivity contribution in [3.05, 3.63) is 33.7 Å². The van der Waals surface area contributed by atoms with E-state index in [0.717, 1.165) is 31.6 Å². The molecule has 1 saturated carbocycles. The average molecular weight is 356 g/mol. The fraction of sp³-hybridized carbons (Fsp3) is 0.667. The van der Waals surface area contributed by atoms with Crippen LogP contribution in [0.15, 0.2) is 16.9 Å². The van der Waals surface area contributed by atoms with E-state index in [1.54, 1.807) is 0 Å². The van der Waals surface area contributed by atoms with Gasteiger partial charge in [-0.05, 0) is 49.3 Å². The molecular formula is C18H23F3N2O2. The number of hydrogen-bond acceptors (Lipinski definition) is 3. The topological polar surface area (TPSA) is 42.3 Å². The largest absolute Gasteiger partial charge is 0.431 e. The smallest absolute Gasteiger partial charge is 0.303 e. The summed E-state index contributed by atoms with van der Waals surface area (Å²) in [7, 11) is 0. The highest BCUT2D eigenvalue weighted by Crippen LogP contribution is 2.61. The molecule has 1 saturated heterocycles. The van der Waals surface area contributed by atoms with Crippen LogP contribution in [-0.2, 0) is 12.7 Å². The van der Waals surface area contributed by atoms with Gasteiger partial charge in [-0.25, -0.2) is 0 Å². The molecule has 2 fully saturated rings. The molecular weight excluding hydrogens is 333 g/mol. The van der Waals surface area contributed by atoms with Crippen molar-refractivity contribution in [1.82, 2.24) is 9.47 Å². The van der Waals surface area contributed by atoms with Crippen molar-refractivity contribution in [2.24, 2.45) is 17.3 Å². The number of piperidine rings is 1. The standard InChI is InChI=1S/C18H23F3N2O2/c1-11(24)12-4-5-15(18(19,20)21)23(16(12)25)9-8-22-7-6-13-14(10-22)17(13,2)3/h4-5,13-14H,6-10H2,1-3H3. The van der Waals surface area contributed by atoms with E-state index < -0.39 is 23.2 Å². The van der Waals surface area contributed by atoms with E-state index in [2.05, 4.69) is 18.7 Å². The Morgan fingerprint density at radius 3 is 2.48 bits per heavy atom. The predicted molar refractivity (Wildman–Crippen MR) is 87.5 cm³/mol. The summed E-state index contributed by atoms with van der Waals surface area (Å²) < 4.78 is 40.4. The Balaban J connectivity index is 1.80. The molecule has 138 valence electrons. The average Bonchev–Trinajstić information content (AvgIpc) is 3.05. The summed E-state index contributed by atoms with van der Waals surface area (Å²) in [6, 6.07) is 1.80. The molecule has 2 atom stereocenters. The number of likely N-dealkylation sites (tertiary alicyclic amines) is 1. The lowest BCUT2D eigenvalue weighted by Crippen LogP contribution is -2.38. The van der Waals surface area contributed by atoms with E-state index in [0.29, 0.717) is 28.4 Å². The highest BCUT2D eigenvalue weighted by molar-refractivity contribution is 5.93. The van der Waals surface area contributed by atoms with Gasteiger partial charge in [-0.2, -0.15) is 13.2 Å². The number of aromatic nitrogens is 1. The fourth-order valence-electron chi connectivity index (χ4n) is 4.24. The van der Waals surface area contributed by atoms with E-state index in [-0.39, 0.29) is 12.1 Å². The molecule has 2 unspecified atom stereocenters. The third-order valence-corrected chi connectivity index (χ3v) is 5.98. The summed E-state index contributed by atoms with van der Waals surface area (Å²) in [6.07, 6.45) is -3.58. The molecule has 0 radical (unpaired) electrons. The normalized spacial score (nSPS) is 25.5. The second-order valence-corrected chi connectivity index (χ2v) is 7.77. The Morgan fingerprint density at radius 2 is 1.92 bits per heavy atom. The summed E-state index contributed by atoms with van der Waals surface area (Å²) in [5, 5.41) is 0. The van der Waals surface area contributed by atoms with Crippen molar-refractivity contribution >= 4 is 5.78 Å². The van der Waals surface area contributed by atoms with Gasteiger partial charge in [0.25, 0.3) is 5.56 Å². The van der Waals surface area contributed by atoms with Gasteiger partial charge < -0.3 is 9.47 Å². The first kappa shape index (κ1) is 18.2. The maximum Gasteiger partial charge on any atom is 0.431 e. The Labute approximate surface area is 144 Å². The minimum atomic E-state index is -4.63. The number of fused-ring (bicyclic) bond motifs is 1. The molecule has 1 aromatic heterocycles. The number of nitrogens with zero attached hydrogens (tertiary/aromatic N) is 2. The maximum absolute atomic E-state index is 13.2. The number of Topliss-reactive ketones (excluding diaryl/α,β-unsaturated/α-hetero) is 1. The molecule has 0 aromatic carbocycles. The van der Waals surface area contributed by atoms with Crippen molar-refractivity contribution in [3.63, 3.8) is 0 Å². The van der Waals surface area contributed by atoms with Gasteiger partial charge in [0.15, 0.2) is 5.78 Å². The third-order valence-electron chi connectivity index (χ3n) is 5.98. The van der Waals surface area contributed by atoms with Crippen molar-refractivity contribution in [1.29, 1.82) is 0 Å². The number of ketones is 1. The third kappa shape index (κ3) is 3.26. The van der Waals surface area contributed by atoms with Gasteiger partial charge in [0.2, 0.25) is 0 Å². The molecule has 2 heterocycles. The van der Waals surface area contributed by atoms with Gasteiger partial charge in [-0.15, -0.1) is 0 Å². The van der Waals surface area contributed by atoms with Crippen LogP contribution in [0.25, 0.3) is 0 Å². The Morgan fingerprint density at radius 1 is 1.24 bits per heavy atom. The van der Waals surface area contributed by atoms with Crippen LogP contribution in [0.4, 0.5) is 13.2 Å². The van der Waals surface area contributed by atoms with Crippen LogP contribution in [0.1, 0.15) is 43.2 Å². The lowest BCUT2D eigenvalue weighted by Gasteiger charge is -2.27. The van der Waals surface area contributed by atoms with Gasteiger partial charge in [-0.1, -0.05) is 13.8 Å². The highest BCUT2D eigenvalue weighted by atomic mass is 19.4. The predicted octanol–water partition coefficient (Wildman–Crippen LogP) is 3.05. The summed E-state index contributed by atoms with van der Waals surface area (Å²) >= 11 is 0. The highest BCUT2D eigenvalue weighted by Gasteiger charge is 2.58. The molecule has 0 amide bonds. The van der Waals surface area contributed by atoms with E-state index in [1.165, 1.54) is 6.92 Å². The molecule has 4 nitrogen and oxygen atoms in total. The zero-order chi connectivity index (χ0) is 18.6. The molecule has 3 rings (SSSR count). The molecule has 25 heavy (non-hydrogen) atoms. The summed E-state index contributed by atoms with van der Waals surface area (Å²) in [5.41, 5.74) is -1.74. The molecule has 1 aliphatic heterocycles. The first-order valence-electron chi connectivity index (χ1n) is 8.58. The van der Waals surface area contributed by atoms with Crippen LogP contribution >= 0.6 is 0 Å². The van der Waals surface area contributed by atoms with Gasteiger partial charge in [0, 0.05) is 19.6 Å². The molecule has 1 aliphatic carbocycles. The Bertz CT molecular complexity index is 752. The molecule has 2 aliphatic rings. The number of halogens is 3. The van der Waals surface area contributed by atoms with Gasteiger partial charge >= 0.3 is 6.18 Å². The number of carbonyl (C=O) groups excluding carboxylic acids is 1. The lowest BCUT2D eigenvalue weighted by molar-refractivity contribution is -0.144. The number of rotatable bonds is 4. The molecule has 0 N–H and O–H groups in total. The van der Waals surface area contributed by atoms with E-state index >= 15 is 0 Å². The number of carbonyl (C=O) groups is 1. The number of hydrogen-bond donors (Lipinski definition) is 0. The van der Waals surface area contributed by atoms with Crippen LogP contribution in [-0.4, -0.2) is 34.9 Å². The Kier molecular flexibility index (Phi) is 4.34. The van der Waals surface area contributed by atoms with Crippen LogP contribution in [0.2, 0.25) is 0 Å². The van der Waals surface area contributed by atoms with Gasteiger partial charge in [0.05, 0.1) is 5.56 Å². The lowest BCUT2D eigenvalue weighted by atomic mass is 10.1. The first-order chi connectivity index (χ1) is 11.5. The number of pyridine rings is 1. The second-order valence-electron chi connectivity index (χ2n) is 7.77. The van der Waals surface area contributed by atoms with Crippen molar-refractivity contribution in [3.8, 4) is 0 Å². The monoisotopic (exact) mass is 356 g/mol. The zero-order valence-corrected chi connectivity index (χ0v) is 14.7. The Hall–Kier alpha value is -1.63. The van der Waals surface area contributed by atoms with Gasteiger partial charge in [0.1, 0.15) is 5.69 Å². The summed E-state index contributed by atoms with van der Waals surface area (Å²) in [6.45, 7) is 7.67. The maximum atomic E-state index is 13.2. The molecule has 0 bridgehead atoms. The van der Waals surface area contributed by atoms with Crippen LogP contribution in [0.3, 0.4) is 0 Å². The minimum absolute atomic E-state index is 0.0629. The molecule has 0 spiro atoms. The first-order valence-corrected chi connectivity index (χ1v) is 8.58. The summed E-state index contributed by atoms with van der Waals surface area (Å²) in [5.74, 6) is 0.773. The van der Waals surface area contributed by atoms with Crippen LogP contribution in [0.5, 0.6) is 0 Å². The molecule has 7 heteroatoms. The van der Waals surface area contributed by atoms with E-state index in [9.17, 15) is 22.8 Å². The SMILES string of the molecule is CC(=O)c1ccc(C(F)(F)F)n(CCN2CCC3C(C2)C3(C)C)c1=O. The van der Waals surface area contributed by atoms with Crippen LogP contribution < -0.4 is 5.56 Å². The zero-order valence-electron chi connectivity index (χ0n) is 14.7. The van der Waals surface area contributed by atoms with Crippen LogP contribution in [0, 0.1) is 17.3 Å². The minimum Gasteiger partial charge on any atom is -0.303 e. The summed E-state index contributed by atoms with van der Waals surface area (Å²) in [4.78, 5) is 26.0. The fourth-order valence-corrected chi connectivity index (χ4v) is 4.24. The van der Waals surface area contributed by atoms with E-state index in [4.69, 9.17) is 0 Å². The number of alkyl halides is 3. The van der Waals surface area contributed by atoms with Gasteiger partial charge in [-0.3, -0.25) is 9.59 Å². The molecule has 1 aromatic rings. The second kappa shape index (κ2) is 5.97.